The van der Waals surface area contributed by atoms with Crippen LogP contribution < -0.4 is 0 Å². The minimum atomic E-state index is -0.350. The number of halogens is 1. The first kappa shape index (κ1) is 13.8. The third-order valence-electron chi connectivity index (χ3n) is 1.88. The molecule has 0 aliphatic heterocycles. The fraction of sp³-hybridized carbons (Fsp3) is 0.308. The SMILES string of the molecule is CN(C)CC#CCOC(=O)c1ccc(Br)cc1. The third-order valence-corrected chi connectivity index (χ3v) is 2.40. The Bertz CT molecular complexity index is 429. The van der Waals surface area contributed by atoms with Crippen LogP contribution in [0.4, 0.5) is 0 Å². The fourth-order valence-electron chi connectivity index (χ4n) is 1.04. The van der Waals surface area contributed by atoms with Gasteiger partial charge in [-0.2, -0.15) is 0 Å². The lowest BCUT2D eigenvalue weighted by Gasteiger charge is -2.02. The molecule has 0 saturated heterocycles. The van der Waals surface area contributed by atoms with Gasteiger partial charge < -0.3 is 4.74 Å². The van der Waals surface area contributed by atoms with Gasteiger partial charge in [0.15, 0.2) is 6.61 Å². The molecule has 3 nitrogen and oxygen atoms in total. The Hall–Kier alpha value is -1.31. The maximum absolute atomic E-state index is 11.5. The van der Waals surface area contributed by atoms with Gasteiger partial charge in [0.25, 0.3) is 0 Å². The van der Waals surface area contributed by atoms with E-state index in [1.54, 1.807) is 24.3 Å². The van der Waals surface area contributed by atoms with E-state index in [1.807, 2.05) is 19.0 Å². The predicted molar refractivity (Wildman–Crippen MR) is 70.8 cm³/mol. The Morgan fingerprint density at radius 1 is 1.29 bits per heavy atom. The van der Waals surface area contributed by atoms with Crippen molar-refractivity contribution in [3.05, 3.63) is 34.3 Å². The summed E-state index contributed by atoms with van der Waals surface area (Å²) in [6.07, 6.45) is 0. The largest absolute Gasteiger partial charge is 0.449 e. The van der Waals surface area contributed by atoms with Gasteiger partial charge >= 0.3 is 5.97 Å². The molecule has 0 N–H and O–H groups in total. The second-order valence-electron chi connectivity index (χ2n) is 3.67. The average Bonchev–Trinajstić information content (AvgIpc) is 2.29. The molecule has 0 aliphatic carbocycles. The second kappa shape index (κ2) is 7.10. The van der Waals surface area contributed by atoms with Gasteiger partial charge in [-0.25, -0.2) is 4.79 Å². The molecule has 0 radical (unpaired) electrons. The predicted octanol–water partition coefficient (Wildman–Crippen LogP) is 2.17. The molecule has 1 aromatic rings. The van der Waals surface area contributed by atoms with Crippen molar-refractivity contribution >= 4 is 21.9 Å². The normalized spacial score (nSPS) is 9.65. The molecule has 0 spiro atoms. The number of carbonyl (C=O) groups excluding carboxylic acids is 1. The molecular formula is C13H14BrNO2. The van der Waals surface area contributed by atoms with Crippen molar-refractivity contribution in [1.82, 2.24) is 4.90 Å². The van der Waals surface area contributed by atoms with Gasteiger partial charge in [0.1, 0.15) is 0 Å². The lowest BCUT2D eigenvalue weighted by molar-refractivity contribution is 0.0556. The topological polar surface area (TPSA) is 29.5 Å². The molecule has 0 aromatic heterocycles. The van der Waals surface area contributed by atoms with Gasteiger partial charge in [0, 0.05) is 4.47 Å². The molecule has 90 valence electrons. The summed E-state index contributed by atoms with van der Waals surface area (Å²) in [5.74, 6) is 5.33. The van der Waals surface area contributed by atoms with Crippen molar-refractivity contribution in [2.75, 3.05) is 27.2 Å². The molecule has 0 bridgehead atoms. The standard InChI is InChI=1S/C13H14BrNO2/c1-15(2)9-3-4-10-17-13(16)11-5-7-12(14)8-6-11/h5-8H,9-10H2,1-2H3. The van der Waals surface area contributed by atoms with Gasteiger partial charge in [-0.1, -0.05) is 27.8 Å². The van der Waals surface area contributed by atoms with E-state index in [-0.39, 0.29) is 12.6 Å². The van der Waals surface area contributed by atoms with E-state index >= 15 is 0 Å². The summed E-state index contributed by atoms with van der Waals surface area (Å²) in [6, 6.07) is 7.02. The number of hydrogen-bond acceptors (Lipinski definition) is 3. The van der Waals surface area contributed by atoms with Crippen LogP contribution in [-0.4, -0.2) is 38.1 Å². The molecule has 0 atom stereocenters. The number of rotatable bonds is 3. The van der Waals surface area contributed by atoms with E-state index in [9.17, 15) is 4.79 Å². The number of carbonyl (C=O) groups is 1. The summed E-state index contributed by atoms with van der Waals surface area (Å²) in [6.45, 7) is 0.790. The highest BCUT2D eigenvalue weighted by molar-refractivity contribution is 9.10. The smallest absolute Gasteiger partial charge is 0.339 e. The van der Waals surface area contributed by atoms with E-state index < -0.39 is 0 Å². The van der Waals surface area contributed by atoms with Crippen LogP contribution in [0.5, 0.6) is 0 Å². The van der Waals surface area contributed by atoms with Crippen LogP contribution in [0.25, 0.3) is 0 Å². The lowest BCUT2D eigenvalue weighted by Crippen LogP contribution is -2.11. The molecule has 0 unspecified atom stereocenters. The highest BCUT2D eigenvalue weighted by Gasteiger charge is 2.04. The molecule has 1 aromatic carbocycles. The van der Waals surface area contributed by atoms with E-state index in [4.69, 9.17) is 4.74 Å². The van der Waals surface area contributed by atoms with Gasteiger partial charge in [0.2, 0.25) is 0 Å². The molecular weight excluding hydrogens is 282 g/mol. The van der Waals surface area contributed by atoms with Crippen molar-refractivity contribution in [2.45, 2.75) is 0 Å². The number of esters is 1. The van der Waals surface area contributed by atoms with Crippen molar-refractivity contribution in [3.8, 4) is 11.8 Å². The molecule has 0 fully saturated rings. The minimum absolute atomic E-state index is 0.128. The van der Waals surface area contributed by atoms with Gasteiger partial charge in [-0.15, -0.1) is 0 Å². The summed E-state index contributed by atoms with van der Waals surface area (Å²) in [5.41, 5.74) is 0.530. The summed E-state index contributed by atoms with van der Waals surface area (Å²) >= 11 is 3.30. The van der Waals surface area contributed by atoms with Gasteiger partial charge in [-0.05, 0) is 38.4 Å². The Morgan fingerprint density at radius 3 is 2.53 bits per heavy atom. The number of hydrogen-bond donors (Lipinski definition) is 0. The van der Waals surface area contributed by atoms with E-state index in [1.165, 1.54) is 0 Å². The first-order valence-corrected chi connectivity index (χ1v) is 5.92. The average molecular weight is 296 g/mol. The highest BCUT2D eigenvalue weighted by Crippen LogP contribution is 2.11. The second-order valence-corrected chi connectivity index (χ2v) is 4.59. The quantitative estimate of drug-likeness (QED) is 0.632. The Labute approximate surface area is 110 Å². The maximum atomic E-state index is 11.5. The zero-order valence-corrected chi connectivity index (χ0v) is 11.5. The van der Waals surface area contributed by atoms with E-state index in [0.29, 0.717) is 12.1 Å². The van der Waals surface area contributed by atoms with Crippen molar-refractivity contribution in [3.63, 3.8) is 0 Å². The molecule has 17 heavy (non-hydrogen) atoms. The molecule has 0 amide bonds. The van der Waals surface area contributed by atoms with E-state index in [0.717, 1.165) is 4.47 Å². The Kier molecular flexibility index (Phi) is 5.75. The van der Waals surface area contributed by atoms with Crippen LogP contribution in [0.2, 0.25) is 0 Å². The van der Waals surface area contributed by atoms with Crippen LogP contribution >= 0.6 is 15.9 Å². The summed E-state index contributed by atoms with van der Waals surface area (Å²) < 4.78 is 5.93. The number of ether oxygens (including phenoxy) is 1. The van der Waals surface area contributed by atoms with Crippen LogP contribution in [0.3, 0.4) is 0 Å². The molecule has 0 aliphatic rings. The fourth-order valence-corrected chi connectivity index (χ4v) is 1.30. The Morgan fingerprint density at radius 2 is 1.94 bits per heavy atom. The maximum Gasteiger partial charge on any atom is 0.339 e. The summed E-state index contributed by atoms with van der Waals surface area (Å²) in [4.78, 5) is 13.5. The summed E-state index contributed by atoms with van der Waals surface area (Å²) in [7, 11) is 3.87. The number of nitrogens with zero attached hydrogens (tertiary/aromatic N) is 1. The number of benzene rings is 1. The third kappa shape index (κ3) is 5.53. The van der Waals surface area contributed by atoms with Crippen LogP contribution in [0, 0.1) is 11.8 Å². The first-order chi connectivity index (χ1) is 8.09. The van der Waals surface area contributed by atoms with Gasteiger partial charge in [-0.3, -0.25) is 4.90 Å². The molecule has 0 saturated carbocycles. The highest BCUT2D eigenvalue weighted by atomic mass is 79.9. The summed E-state index contributed by atoms with van der Waals surface area (Å²) in [5, 5.41) is 0. The van der Waals surface area contributed by atoms with Crippen LogP contribution in [0.1, 0.15) is 10.4 Å². The van der Waals surface area contributed by atoms with Crippen molar-refractivity contribution in [2.24, 2.45) is 0 Å². The zero-order valence-electron chi connectivity index (χ0n) is 9.87. The lowest BCUT2D eigenvalue weighted by atomic mass is 10.2. The van der Waals surface area contributed by atoms with Crippen molar-refractivity contribution in [1.29, 1.82) is 0 Å². The van der Waals surface area contributed by atoms with Gasteiger partial charge in [0.05, 0.1) is 12.1 Å². The monoisotopic (exact) mass is 295 g/mol. The van der Waals surface area contributed by atoms with Crippen LogP contribution in [-0.2, 0) is 4.74 Å². The van der Waals surface area contributed by atoms with Crippen molar-refractivity contribution < 1.29 is 9.53 Å². The first-order valence-electron chi connectivity index (χ1n) is 5.13. The zero-order chi connectivity index (χ0) is 12.7. The van der Waals surface area contributed by atoms with Crippen LogP contribution in [0.15, 0.2) is 28.7 Å². The minimum Gasteiger partial charge on any atom is -0.449 e. The molecule has 4 heteroatoms. The molecule has 0 heterocycles. The molecule has 1 rings (SSSR count). The van der Waals surface area contributed by atoms with E-state index in [2.05, 4.69) is 27.8 Å². The Balaban J connectivity index is 2.39.